The van der Waals surface area contributed by atoms with Crippen LogP contribution in [-0.4, -0.2) is 118 Å². The predicted octanol–water partition coefficient (Wildman–Crippen LogP) is 6.83. The SMILES string of the molecule is CCOC(=O)C(Cl)Cc1cc(-n2nc(C)n(C(F)F)c2=O)c(F)cc1Cl.CON(C)C(=O)Nc1ccc(Oc2ccc3c(c2)OC(C)(OC)CC3(C)C)cc1.C[S+](C)C.O=C(O)CNCP(=O)([O-])O. The number of aryl methyl sites for hydroxylation is 1. The van der Waals surface area contributed by atoms with Gasteiger partial charge in [0.25, 0.3) is 0 Å². The van der Waals surface area contributed by atoms with Crippen molar-refractivity contribution >= 4 is 65.3 Å². The molecule has 3 aromatic carbocycles. The molecule has 3 unspecified atom stereocenters. The number of methoxy groups -OCH3 is 1. The molecule has 19 nitrogen and oxygen atoms in total. The van der Waals surface area contributed by atoms with E-state index in [0.717, 1.165) is 34.9 Å². The number of nitrogens with zero attached hydrogens (tertiary/aromatic N) is 4. The van der Waals surface area contributed by atoms with Crippen LogP contribution in [0.1, 0.15) is 57.6 Å². The summed E-state index contributed by atoms with van der Waals surface area (Å²) in [6, 6.07) is 14.6. The van der Waals surface area contributed by atoms with Crippen molar-refractivity contribution in [2.24, 2.45) is 0 Å². The molecule has 0 fully saturated rings. The molecular weight excluding hydrogens is 999 g/mol. The number of alkyl halides is 3. The van der Waals surface area contributed by atoms with Crippen LogP contribution >= 0.6 is 30.8 Å². The lowest BCUT2D eigenvalue weighted by molar-refractivity contribution is -0.193. The molecule has 0 aliphatic carbocycles. The third kappa shape index (κ3) is 19.5. The topological polar surface area (TPSA) is 245 Å². The fourth-order valence-corrected chi connectivity index (χ4v) is 6.94. The summed E-state index contributed by atoms with van der Waals surface area (Å²) in [7, 11) is 0.906. The second-order valence-electron chi connectivity index (χ2n) is 15.9. The Kier molecular flexibility index (Phi) is 23.5. The zero-order valence-electron chi connectivity index (χ0n) is 39.8. The van der Waals surface area contributed by atoms with Crippen molar-refractivity contribution in [3.8, 4) is 22.9 Å². The standard InChI is InChI=1S/C22H28N2O5.C15H14Cl2F3N3O3.C3H8NO5P.C3H9S/c1-21(2)14-22(3,26-5)29-19-13-17(11-12-18(19)21)28-16-9-7-15(8-10-16)23-20(25)24(4)27-6;1-3-26-13(24)10(17)4-8-5-12(11(18)6-9(8)16)23-15(25)22(14(19)20)7(2)21-23;5-3(6)1-4-2-10(7,8)9;1-4(2)3/h7-13H,14H2,1-6H3,(H,23,25);5-6,10,14H,3-4H2,1-2H3;4H,1-2H2,(H,5,6)(H2,7,8,9);1-3H3/q;;;+1/p-1. The van der Waals surface area contributed by atoms with Gasteiger partial charge in [-0.1, -0.05) is 31.5 Å². The summed E-state index contributed by atoms with van der Waals surface area (Å²) in [6.45, 7) is 5.63. The van der Waals surface area contributed by atoms with Crippen molar-refractivity contribution < 1.29 is 70.8 Å². The number of fused-ring (bicyclic) bond motifs is 1. The first kappa shape index (κ1) is 60.3. The number of esters is 1. The van der Waals surface area contributed by atoms with Gasteiger partial charge < -0.3 is 43.7 Å². The molecule has 0 saturated heterocycles. The zero-order chi connectivity index (χ0) is 52.6. The van der Waals surface area contributed by atoms with Crippen LogP contribution in [0.15, 0.2) is 59.4 Å². The minimum Gasteiger partial charge on any atom is -0.778 e. The molecule has 1 aliphatic heterocycles. The number of benzene rings is 3. The maximum Gasteiger partial charge on any atom is 0.355 e. The van der Waals surface area contributed by atoms with Crippen molar-refractivity contribution in [3.63, 3.8) is 0 Å². The lowest BCUT2D eigenvalue weighted by Gasteiger charge is -2.43. The minimum atomic E-state index is -4.35. The second kappa shape index (κ2) is 26.9. The van der Waals surface area contributed by atoms with Gasteiger partial charge in [-0.05, 0) is 78.2 Å². The number of aliphatic carboxylic acids is 1. The molecule has 4 N–H and O–H groups in total. The Balaban J connectivity index is 0.000000374. The molecule has 2 amide bonds. The van der Waals surface area contributed by atoms with Gasteiger partial charge >= 0.3 is 30.2 Å². The van der Waals surface area contributed by atoms with Gasteiger partial charge in [-0.2, -0.15) is 13.5 Å². The number of nitrogens with one attached hydrogen (secondary N) is 2. The second-order valence-corrected chi connectivity index (χ2v) is 20.9. The Bertz CT molecular complexity index is 2460. The molecule has 69 heavy (non-hydrogen) atoms. The highest BCUT2D eigenvalue weighted by Crippen LogP contribution is 2.46. The van der Waals surface area contributed by atoms with E-state index in [2.05, 4.69) is 43.0 Å². The van der Waals surface area contributed by atoms with Crippen LogP contribution in [0.25, 0.3) is 5.69 Å². The normalized spacial score (nSPS) is 15.8. The number of carbonyl (C=O) groups excluding carboxylic acids is 2. The molecule has 384 valence electrons. The number of carbonyl (C=O) groups is 3. The molecule has 5 rings (SSSR count). The third-order valence-electron chi connectivity index (χ3n) is 9.15. The lowest BCUT2D eigenvalue weighted by atomic mass is 9.76. The highest BCUT2D eigenvalue weighted by atomic mass is 35.5. The Morgan fingerprint density at radius 2 is 1.67 bits per heavy atom. The summed E-state index contributed by atoms with van der Waals surface area (Å²) in [5.41, 5.74) is 0.318. The fraction of sp³-hybridized carbons (Fsp3) is 0.465. The number of urea groups is 1. The van der Waals surface area contributed by atoms with E-state index < -0.39 is 61.6 Å². The number of hydroxylamine groups is 2. The van der Waals surface area contributed by atoms with E-state index in [1.165, 1.54) is 21.1 Å². The summed E-state index contributed by atoms with van der Waals surface area (Å²) in [4.78, 5) is 68.1. The first-order valence-corrected chi connectivity index (χ1v) is 25.5. The number of rotatable bonds is 15. The average Bonchev–Trinajstić information content (AvgIpc) is 3.54. The Morgan fingerprint density at radius 3 is 2.17 bits per heavy atom. The molecule has 0 spiro atoms. The molecular formula is C43H58Cl2F3N6O13PS. The monoisotopic (exact) mass is 1060 g/mol. The maximum atomic E-state index is 14.2. The van der Waals surface area contributed by atoms with E-state index in [1.54, 1.807) is 38.3 Å². The zero-order valence-corrected chi connectivity index (χ0v) is 43.0. The number of ether oxygens (including phenoxy) is 4. The molecule has 1 aliphatic rings. The lowest BCUT2D eigenvalue weighted by Crippen LogP contribution is -2.45. The highest BCUT2D eigenvalue weighted by Gasteiger charge is 2.42. The fourth-order valence-electron chi connectivity index (χ4n) is 6.09. The number of anilines is 1. The number of carboxylic acids is 1. The van der Waals surface area contributed by atoms with E-state index in [0.29, 0.717) is 32.8 Å². The van der Waals surface area contributed by atoms with Gasteiger partial charge in [-0.3, -0.25) is 19.7 Å². The highest BCUT2D eigenvalue weighted by molar-refractivity contribution is 7.94. The quantitative estimate of drug-likeness (QED) is 0.0314. The molecule has 0 bridgehead atoms. The van der Waals surface area contributed by atoms with Crippen LogP contribution in [0.4, 0.5) is 23.7 Å². The number of aromatic nitrogens is 3. The number of hydrogen-bond donors (Lipinski definition) is 4. The van der Waals surface area contributed by atoms with Crippen LogP contribution < -0.4 is 30.7 Å². The largest absolute Gasteiger partial charge is 0.778 e. The van der Waals surface area contributed by atoms with Crippen molar-refractivity contribution in [1.29, 1.82) is 0 Å². The van der Waals surface area contributed by atoms with E-state index >= 15 is 0 Å². The van der Waals surface area contributed by atoms with Gasteiger partial charge in [0.15, 0.2) is 5.82 Å². The van der Waals surface area contributed by atoms with Crippen molar-refractivity contribution in [1.82, 2.24) is 24.7 Å². The van der Waals surface area contributed by atoms with Crippen LogP contribution in [0.5, 0.6) is 17.2 Å². The molecule has 1 aromatic heterocycles. The summed E-state index contributed by atoms with van der Waals surface area (Å²) in [5, 5.41) is 16.3. The first-order chi connectivity index (χ1) is 32.0. The van der Waals surface area contributed by atoms with E-state index in [-0.39, 0.29) is 51.1 Å². The van der Waals surface area contributed by atoms with Crippen LogP contribution in [0.3, 0.4) is 0 Å². The Morgan fingerprint density at radius 1 is 1.07 bits per heavy atom. The number of amides is 2. The predicted molar refractivity (Wildman–Crippen MR) is 255 cm³/mol. The average molecular weight is 1060 g/mol. The van der Waals surface area contributed by atoms with Gasteiger partial charge in [0.2, 0.25) is 5.79 Å². The maximum absolute atomic E-state index is 14.2. The van der Waals surface area contributed by atoms with Gasteiger partial charge in [-0.25, -0.2) is 23.6 Å². The van der Waals surface area contributed by atoms with Gasteiger partial charge in [0.05, 0.1) is 45.3 Å². The molecule has 3 atom stereocenters. The van der Waals surface area contributed by atoms with E-state index in [9.17, 15) is 41.8 Å². The van der Waals surface area contributed by atoms with Gasteiger partial charge in [0.1, 0.15) is 41.7 Å². The van der Waals surface area contributed by atoms with Crippen molar-refractivity contribution in [2.45, 2.75) is 70.6 Å². The summed E-state index contributed by atoms with van der Waals surface area (Å²) in [5.74, 6) is -1.70. The minimum absolute atomic E-state index is 0.0424. The van der Waals surface area contributed by atoms with Crippen LogP contribution in [0.2, 0.25) is 5.02 Å². The molecule has 26 heteroatoms. The van der Waals surface area contributed by atoms with Crippen LogP contribution in [0, 0.1) is 12.7 Å². The Labute approximate surface area is 410 Å². The third-order valence-corrected chi connectivity index (χ3v) is 10.5. The van der Waals surface area contributed by atoms with Gasteiger partial charge in [-0.15, -0.1) is 16.7 Å². The van der Waals surface area contributed by atoms with Crippen molar-refractivity contribution in [3.05, 3.63) is 92.9 Å². The smallest absolute Gasteiger partial charge is 0.355 e. The first-order valence-electron chi connectivity index (χ1n) is 20.4. The number of halogens is 5. The van der Waals surface area contributed by atoms with E-state index in [1.807, 2.05) is 30.4 Å². The van der Waals surface area contributed by atoms with E-state index in [4.69, 9.17) is 57.0 Å². The molecule has 4 aromatic rings. The Hall–Kier alpha value is -4.84. The summed E-state index contributed by atoms with van der Waals surface area (Å²) >= 11 is 11.9. The summed E-state index contributed by atoms with van der Waals surface area (Å²) in [6.07, 6.45) is 6.52. The molecule has 0 saturated carbocycles. The molecule has 2 heterocycles. The summed E-state index contributed by atoms with van der Waals surface area (Å²) < 4.78 is 73.1. The number of hydrogen-bond acceptors (Lipinski definition) is 13. The molecule has 0 radical (unpaired) electrons. The van der Waals surface area contributed by atoms with Crippen LogP contribution in [-0.2, 0) is 51.2 Å². The number of carboxylic acid groups (broad SMARTS) is 1. The van der Waals surface area contributed by atoms with Crippen molar-refractivity contribution in [2.75, 3.05) is 64.8 Å². The van der Waals surface area contributed by atoms with Gasteiger partial charge in [0, 0.05) is 56.3 Å².